The molecule has 1 heterocycles. The van der Waals surface area contributed by atoms with Gasteiger partial charge in [-0.05, 0) is 42.8 Å². The van der Waals surface area contributed by atoms with Crippen LogP contribution in [0.25, 0.3) is 10.2 Å². The first-order valence-electron chi connectivity index (χ1n) is 7.49. The Hall–Kier alpha value is -2.25. The van der Waals surface area contributed by atoms with E-state index in [-0.39, 0.29) is 12.5 Å². The topological polar surface area (TPSA) is 60.7 Å². The van der Waals surface area contributed by atoms with Crippen molar-refractivity contribution in [3.63, 3.8) is 0 Å². The number of amides is 1. The lowest BCUT2D eigenvalue weighted by molar-refractivity contribution is -0.141. The molecule has 7 heteroatoms. The van der Waals surface area contributed by atoms with Gasteiger partial charge in [0.15, 0.2) is 4.80 Å². The average Bonchev–Trinajstić information content (AvgIpc) is 2.91. The van der Waals surface area contributed by atoms with Gasteiger partial charge >= 0.3 is 5.97 Å². The fraction of sp³-hybridized carbons (Fsp3) is 0.167. The molecule has 0 unspecified atom stereocenters. The van der Waals surface area contributed by atoms with Crippen LogP contribution in [0.3, 0.4) is 0 Å². The van der Waals surface area contributed by atoms with E-state index in [9.17, 15) is 9.59 Å². The number of hydrogen-bond donors (Lipinski definition) is 0. The summed E-state index contributed by atoms with van der Waals surface area (Å²) in [6.07, 6.45) is 0. The smallest absolute Gasteiger partial charge is 0.325 e. The average molecular weight is 419 g/mol. The second-order valence-corrected chi connectivity index (χ2v) is 7.37. The molecule has 5 nitrogen and oxygen atoms in total. The number of halogens is 1. The maximum absolute atomic E-state index is 12.5. The molecule has 1 aromatic heterocycles. The van der Waals surface area contributed by atoms with Gasteiger partial charge in [0.25, 0.3) is 5.91 Å². The van der Waals surface area contributed by atoms with Crippen LogP contribution in [0, 0.1) is 6.92 Å². The molecular formula is C18H15BrN2O3S. The number of aryl methyl sites for hydroxylation is 1. The minimum absolute atomic E-state index is 0.00413. The van der Waals surface area contributed by atoms with E-state index >= 15 is 0 Å². The Bertz CT molecular complexity index is 1040. The number of ether oxygens (including phenoxy) is 1. The summed E-state index contributed by atoms with van der Waals surface area (Å²) in [6, 6.07) is 12.9. The number of thiazole rings is 1. The second-order valence-electron chi connectivity index (χ2n) is 5.45. The van der Waals surface area contributed by atoms with Gasteiger partial charge in [0.1, 0.15) is 6.54 Å². The van der Waals surface area contributed by atoms with Gasteiger partial charge in [0, 0.05) is 10.0 Å². The molecule has 3 rings (SSSR count). The van der Waals surface area contributed by atoms with Crippen molar-refractivity contribution in [3.8, 4) is 0 Å². The Morgan fingerprint density at radius 2 is 2.04 bits per heavy atom. The van der Waals surface area contributed by atoms with E-state index in [4.69, 9.17) is 4.74 Å². The third kappa shape index (κ3) is 3.88. The number of fused-ring (bicyclic) bond motifs is 1. The quantitative estimate of drug-likeness (QED) is 0.609. The number of hydrogen-bond acceptors (Lipinski definition) is 4. The zero-order valence-corrected chi connectivity index (χ0v) is 16.1. The highest BCUT2D eigenvalue weighted by Crippen LogP contribution is 2.19. The molecule has 0 bridgehead atoms. The van der Waals surface area contributed by atoms with E-state index < -0.39 is 5.97 Å². The van der Waals surface area contributed by atoms with Crippen molar-refractivity contribution >= 4 is 49.4 Å². The van der Waals surface area contributed by atoms with Gasteiger partial charge in [-0.25, -0.2) is 0 Å². The summed E-state index contributed by atoms with van der Waals surface area (Å²) in [5.74, 6) is -0.750. The predicted molar refractivity (Wildman–Crippen MR) is 101 cm³/mol. The number of esters is 1. The van der Waals surface area contributed by atoms with Gasteiger partial charge < -0.3 is 9.30 Å². The van der Waals surface area contributed by atoms with Crippen molar-refractivity contribution in [3.05, 3.63) is 62.9 Å². The lowest BCUT2D eigenvalue weighted by atomic mass is 10.2. The zero-order chi connectivity index (χ0) is 18.0. The van der Waals surface area contributed by atoms with E-state index in [2.05, 4.69) is 20.9 Å². The number of benzene rings is 2. The van der Waals surface area contributed by atoms with Crippen LogP contribution in [0.1, 0.15) is 15.9 Å². The normalized spacial score (nSPS) is 11.7. The number of carbonyl (C=O) groups is 2. The van der Waals surface area contributed by atoms with Crippen LogP contribution in [0.4, 0.5) is 0 Å². The Morgan fingerprint density at radius 1 is 1.24 bits per heavy atom. The summed E-state index contributed by atoms with van der Waals surface area (Å²) >= 11 is 4.72. The van der Waals surface area contributed by atoms with Gasteiger partial charge in [-0.15, -0.1) is 0 Å². The van der Waals surface area contributed by atoms with Crippen LogP contribution in [-0.4, -0.2) is 23.6 Å². The van der Waals surface area contributed by atoms with E-state index in [1.807, 2.05) is 31.2 Å². The van der Waals surface area contributed by atoms with Gasteiger partial charge in [-0.1, -0.05) is 39.4 Å². The molecule has 3 aromatic rings. The summed E-state index contributed by atoms with van der Waals surface area (Å²) in [5.41, 5.74) is 2.43. The van der Waals surface area contributed by atoms with Gasteiger partial charge in [-0.3, -0.25) is 9.59 Å². The highest BCUT2D eigenvalue weighted by atomic mass is 79.9. The molecule has 0 aliphatic carbocycles. The molecule has 25 heavy (non-hydrogen) atoms. The molecule has 2 aromatic carbocycles. The molecule has 128 valence electrons. The summed E-state index contributed by atoms with van der Waals surface area (Å²) in [6.45, 7) is 2.00. The van der Waals surface area contributed by atoms with Crippen LogP contribution in [0.2, 0.25) is 0 Å². The summed E-state index contributed by atoms with van der Waals surface area (Å²) < 4.78 is 8.25. The van der Waals surface area contributed by atoms with Crippen LogP contribution in [0.15, 0.2) is 51.9 Å². The predicted octanol–water partition coefficient (Wildman–Crippen LogP) is 3.69. The van der Waals surface area contributed by atoms with Crippen molar-refractivity contribution in [2.45, 2.75) is 13.5 Å². The van der Waals surface area contributed by atoms with Crippen molar-refractivity contribution < 1.29 is 14.3 Å². The minimum Gasteiger partial charge on any atom is -0.468 e. The largest absolute Gasteiger partial charge is 0.468 e. The van der Waals surface area contributed by atoms with Crippen LogP contribution in [0.5, 0.6) is 0 Å². The van der Waals surface area contributed by atoms with Crippen molar-refractivity contribution in [1.82, 2.24) is 4.57 Å². The van der Waals surface area contributed by atoms with Gasteiger partial charge in [0.2, 0.25) is 0 Å². The van der Waals surface area contributed by atoms with Crippen molar-refractivity contribution in [2.24, 2.45) is 4.99 Å². The Morgan fingerprint density at radius 3 is 2.76 bits per heavy atom. The maximum Gasteiger partial charge on any atom is 0.325 e. The number of aromatic nitrogens is 1. The number of nitrogens with zero attached hydrogens (tertiary/aromatic N) is 2. The highest BCUT2D eigenvalue weighted by Gasteiger charge is 2.12. The van der Waals surface area contributed by atoms with E-state index in [1.165, 1.54) is 18.4 Å². The first kappa shape index (κ1) is 17.6. The molecule has 0 aliphatic rings. The van der Waals surface area contributed by atoms with E-state index in [1.54, 1.807) is 22.8 Å². The number of methoxy groups -OCH3 is 1. The summed E-state index contributed by atoms with van der Waals surface area (Å²) in [4.78, 5) is 29.0. The van der Waals surface area contributed by atoms with Crippen molar-refractivity contribution in [2.75, 3.05) is 7.11 Å². The lowest BCUT2D eigenvalue weighted by Crippen LogP contribution is -2.22. The molecule has 0 fully saturated rings. The van der Waals surface area contributed by atoms with E-state index in [0.29, 0.717) is 10.4 Å². The zero-order valence-electron chi connectivity index (χ0n) is 13.7. The Balaban J connectivity index is 2.15. The SMILES string of the molecule is COC(=O)Cn1c(=NC(=O)c2cccc(Br)c2)sc2cc(C)ccc21. The van der Waals surface area contributed by atoms with Gasteiger partial charge in [-0.2, -0.15) is 4.99 Å². The van der Waals surface area contributed by atoms with Crippen molar-refractivity contribution in [1.29, 1.82) is 0 Å². The molecule has 0 N–H and O–H groups in total. The third-order valence-corrected chi connectivity index (χ3v) is 5.16. The number of rotatable bonds is 3. The standard InChI is InChI=1S/C18H15BrN2O3S/c1-11-6-7-14-15(8-11)25-18(21(14)10-16(22)24-2)20-17(23)12-4-3-5-13(19)9-12/h3-9H,10H2,1-2H3. The molecule has 0 saturated carbocycles. The molecule has 0 radical (unpaired) electrons. The molecule has 1 amide bonds. The summed E-state index contributed by atoms with van der Waals surface area (Å²) in [7, 11) is 1.34. The monoisotopic (exact) mass is 418 g/mol. The third-order valence-electron chi connectivity index (χ3n) is 3.62. The molecule has 0 aliphatic heterocycles. The molecule has 0 atom stereocenters. The second kappa shape index (κ2) is 7.33. The Labute approximate surface area is 156 Å². The van der Waals surface area contributed by atoms with Crippen LogP contribution >= 0.6 is 27.3 Å². The van der Waals surface area contributed by atoms with Crippen LogP contribution in [-0.2, 0) is 16.1 Å². The van der Waals surface area contributed by atoms with E-state index in [0.717, 1.165) is 20.3 Å². The minimum atomic E-state index is -0.392. The maximum atomic E-state index is 12.5. The molecule has 0 spiro atoms. The lowest BCUT2D eigenvalue weighted by Gasteiger charge is -2.04. The highest BCUT2D eigenvalue weighted by molar-refractivity contribution is 9.10. The van der Waals surface area contributed by atoms with Gasteiger partial charge in [0.05, 0.1) is 17.3 Å². The molecule has 0 saturated heterocycles. The fourth-order valence-corrected chi connectivity index (χ4v) is 3.91. The first-order valence-corrected chi connectivity index (χ1v) is 9.10. The molecular weight excluding hydrogens is 404 g/mol. The van der Waals surface area contributed by atoms with Crippen LogP contribution < -0.4 is 4.80 Å². The Kier molecular flexibility index (Phi) is 5.15. The number of carbonyl (C=O) groups excluding carboxylic acids is 2. The fourth-order valence-electron chi connectivity index (χ4n) is 2.39. The summed E-state index contributed by atoms with van der Waals surface area (Å²) in [5, 5.41) is 0. The first-order chi connectivity index (χ1) is 12.0.